The number of nitrogens with one attached hydrogen (secondary N) is 1. The van der Waals surface area contributed by atoms with Gasteiger partial charge in [0.15, 0.2) is 5.16 Å². The maximum Gasteiger partial charge on any atom is 0.261 e. The summed E-state index contributed by atoms with van der Waals surface area (Å²) in [6, 6.07) is 14.4. The number of thioether (sulfide) groups is 1. The van der Waals surface area contributed by atoms with Gasteiger partial charge in [-0.2, -0.15) is 0 Å². The minimum absolute atomic E-state index is 0.120. The Morgan fingerprint density at radius 3 is 2.81 bits per heavy atom. The van der Waals surface area contributed by atoms with E-state index < -0.39 is 0 Å². The zero-order valence-electron chi connectivity index (χ0n) is 14.4. The maximum atomic E-state index is 12.4. The number of hydrogen-bond donors (Lipinski definition) is 1. The van der Waals surface area contributed by atoms with Crippen LogP contribution in [0, 0.1) is 0 Å². The molecule has 0 saturated carbocycles. The molecule has 3 rings (SSSR count). The first-order valence-corrected chi connectivity index (χ1v) is 9.45. The summed E-state index contributed by atoms with van der Waals surface area (Å²) in [6.45, 7) is 1.90. The fraction of sp³-hybridized carbons (Fsp3) is 0.211. The van der Waals surface area contributed by atoms with Crippen LogP contribution < -0.4 is 10.9 Å². The van der Waals surface area contributed by atoms with Crippen molar-refractivity contribution in [2.24, 2.45) is 7.05 Å². The minimum Gasteiger partial charge on any atom is -0.349 e. The summed E-state index contributed by atoms with van der Waals surface area (Å²) in [7, 11) is 1.66. The molecule has 0 aliphatic carbocycles. The second kappa shape index (κ2) is 7.93. The van der Waals surface area contributed by atoms with Gasteiger partial charge in [0.05, 0.1) is 22.7 Å². The predicted molar refractivity (Wildman–Crippen MR) is 106 cm³/mol. The van der Waals surface area contributed by atoms with Crippen LogP contribution in [0.15, 0.2) is 58.5 Å². The number of rotatable bonds is 5. The first-order valence-electron chi connectivity index (χ1n) is 8.09. The van der Waals surface area contributed by atoms with Gasteiger partial charge in [0.1, 0.15) is 0 Å². The molecule has 26 heavy (non-hydrogen) atoms. The van der Waals surface area contributed by atoms with E-state index in [2.05, 4.69) is 10.3 Å². The van der Waals surface area contributed by atoms with E-state index in [1.807, 2.05) is 37.3 Å². The van der Waals surface area contributed by atoms with Crippen LogP contribution in [0.25, 0.3) is 10.9 Å². The molecule has 0 radical (unpaired) electrons. The van der Waals surface area contributed by atoms with Crippen molar-refractivity contribution in [2.45, 2.75) is 18.1 Å². The van der Waals surface area contributed by atoms with Gasteiger partial charge >= 0.3 is 0 Å². The topological polar surface area (TPSA) is 64.0 Å². The van der Waals surface area contributed by atoms with Crippen LogP contribution in [-0.4, -0.2) is 21.2 Å². The van der Waals surface area contributed by atoms with Crippen LogP contribution in [0.1, 0.15) is 18.5 Å². The predicted octanol–water partition coefficient (Wildman–Crippen LogP) is 3.56. The molecule has 134 valence electrons. The SMILES string of the molecule is CC(NC(=O)CSc1nc2ccccc2c(=O)n1C)c1cccc(Cl)c1. The first-order chi connectivity index (χ1) is 12.5. The number of amides is 1. The molecule has 0 aliphatic heterocycles. The second-order valence-electron chi connectivity index (χ2n) is 5.91. The van der Waals surface area contributed by atoms with E-state index in [1.165, 1.54) is 16.3 Å². The van der Waals surface area contributed by atoms with Crippen LogP contribution in [0.3, 0.4) is 0 Å². The van der Waals surface area contributed by atoms with Gasteiger partial charge in [-0.1, -0.05) is 47.6 Å². The normalized spacial score (nSPS) is 12.1. The molecular formula is C19H18ClN3O2S. The van der Waals surface area contributed by atoms with Crippen molar-refractivity contribution in [3.8, 4) is 0 Å². The Balaban J connectivity index is 1.69. The van der Waals surface area contributed by atoms with Gasteiger partial charge in [0.2, 0.25) is 5.91 Å². The number of benzene rings is 2. The maximum absolute atomic E-state index is 12.4. The minimum atomic E-state index is -0.157. The number of carbonyl (C=O) groups is 1. The standard InChI is InChI=1S/C19H18ClN3O2S/c1-12(13-6-5-7-14(20)10-13)21-17(24)11-26-19-22-16-9-4-3-8-15(16)18(25)23(19)2/h3-10,12H,11H2,1-2H3,(H,21,24). The number of halogens is 1. The summed E-state index contributed by atoms with van der Waals surface area (Å²) >= 11 is 7.23. The van der Waals surface area contributed by atoms with E-state index in [0.717, 1.165) is 5.56 Å². The van der Waals surface area contributed by atoms with Crippen molar-refractivity contribution in [1.29, 1.82) is 0 Å². The van der Waals surface area contributed by atoms with E-state index in [9.17, 15) is 9.59 Å². The average molecular weight is 388 g/mol. The van der Waals surface area contributed by atoms with E-state index >= 15 is 0 Å². The lowest BCUT2D eigenvalue weighted by atomic mass is 10.1. The Labute approximate surface area is 160 Å². The highest BCUT2D eigenvalue weighted by molar-refractivity contribution is 7.99. The summed E-state index contributed by atoms with van der Waals surface area (Å²) in [5, 5.41) is 4.65. The molecular weight excluding hydrogens is 370 g/mol. The summed E-state index contributed by atoms with van der Waals surface area (Å²) in [6.07, 6.45) is 0. The largest absolute Gasteiger partial charge is 0.349 e. The number of aromatic nitrogens is 2. The molecule has 1 N–H and O–H groups in total. The molecule has 7 heteroatoms. The molecule has 2 aromatic carbocycles. The molecule has 0 spiro atoms. The van der Waals surface area contributed by atoms with Gasteiger partial charge in [-0.3, -0.25) is 14.2 Å². The highest BCUT2D eigenvalue weighted by atomic mass is 35.5. The van der Waals surface area contributed by atoms with Gasteiger partial charge in [-0.15, -0.1) is 0 Å². The quantitative estimate of drug-likeness (QED) is 0.537. The number of nitrogens with zero attached hydrogens (tertiary/aromatic N) is 2. The van der Waals surface area contributed by atoms with Crippen molar-refractivity contribution >= 4 is 40.2 Å². The smallest absolute Gasteiger partial charge is 0.261 e. The molecule has 1 aromatic heterocycles. The van der Waals surface area contributed by atoms with Crippen molar-refractivity contribution in [2.75, 3.05) is 5.75 Å². The van der Waals surface area contributed by atoms with Crippen molar-refractivity contribution in [1.82, 2.24) is 14.9 Å². The third kappa shape index (κ3) is 4.08. The molecule has 0 fully saturated rings. The van der Waals surface area contributed by atoms with Crippen LogP contribution in [0.2, 0.25) is 5.02 Å². The number of fused-ring (bicyclic) bond motifs is 1. The van der Waals surface area contributed by atoms with Crippen molar-refractivity contribution in [3.05, 3.63) is 69.5 Å². The van der Waals surface area contributed by atoms with E-state index in [1.54, 1.807) is 25.2 Å². The van der Waals surface area contributed by atoms with Gasteiger partial charge in [-0.05, 0) is 36.8 Å². The Kier molecular flexibility index (Phi) is 5.64. The fourth-order valence-electron chi connectivity index (χ4n) is 2.60. The van der Waals surface area contributed by atoms with E-state index in [0.29, 0.717) is 21.1 Å². The molecule has 1 atom stereocenters. The average Bonchev–Trinajstić information content (AvgIpc) is 2.63. The van der Waals surface area contributed by atoms with Gasteiger partial charge in [0, 0.05) is 12.1 Å². The van der Waals surface area contributed by atoms with E-state index in [-0.39, 0.29) is 23.3 Å². The lowest BCUT2D eigenvalue weighted by Crippen LogP contribution is -2.28. The van der Waals surface area contributed by atoms with Crippen LogP contribution in [0.5, 0.6) is 0 Å². The molecule has 0 saturated heterocycles. The third-order valence-electron chi connectivity index (χ3n) is 4.00. The lowest BCUT2D eigenvalue weighted by molar-refractivity contribution is -0.119. The van der Waals surface area contributed by atoms with Gasteiger partial charge < -0.3 is 5.32 Å². The number of hydrogen-bond acceptors (Lipinski definition) is 4. The van der Waals surface area contributed by atoms with E-state index in [4.69, 9.17) is 11.6 Å². The zero-order chi connectivity index (χ0) is 18.7. The molecule has 5 nitrogen and oxygen atoms in total. The highest BCUT2D eigenvalue weighted by Gasteiger charge is 2.13. The van der Waals surface area contributed by atoms with Crippen LogP contribution in [-0.2, 0) is 11.8 Å². The monoisotopic (exact) mass is 387 g/mol. The molecule has 1 amide bonds. The Bertz CT molecular complexity index is 1020. The van der Waals surface area contributed by atoms with Crippen molar-refractivity contribution < 1.29 is 4.79 Å². The fourth-order valence-corrected chi connectivity index (χ4v) is 3.58. The van der Waals surface area contributed by atoms with Gasteiger partial charge in [0.25, 0.3) is 5.56 Å². The Morgan fingerprint density at radius 1 is 1.27 bits per heavy atom. The summed E-state index contributed by atoms with van der Waals surface area (Å²) in [5.74, 6) is 0.0358. The molecule has 0 aliphatic rings. The molecule has 1 heterocycles. The van der Waals surface area contributed by atoms with Crippen LogP contribution in [0.4, 0.5) is 0 Å². The van der Waals surface area contributed by atoms with Crippen molar-refractivity contribution in [3.63, 3.8) is 0 Å². The number of carbonyl (C=O) groups excluding carboxylic acids is 1. The molecule has 3 aromatic rings. The molecule has 0 bridgehead atoms. The van der Waals surface area contributed by atoms with Crippen LogP contribution >= 0.6 is 23.4 Å². The summed E-state index contributed by atoms with van der Waals surface area (Å²) in [5.41, 5.74) is 1.45. The third-order valence-corrected chi connectivity index (χ3v) is 5.27. The van der Waals surface area contributed by atoms with Gasteiger partial charge in [-0.25, -0.2) is 4.98 Å². The first kappa shape index (κ1) is 18.5. The lowest BCUT2D eigenvalue weighted by Gasteiger charge is -2.15. The highest BCUT2D eigenvalue weighted by Crippen LogP contribution is 2.19. The second-order valence-corrected chi connectivity index (χ2v) is 7.29. The zero-order valence-corrected chi connectivity index (χ0v) is 16.0. The summed E-state index contributed by atoms with van der Waals surface area (Å²) < 4.78 is 1.47. The Morgan fingerprint density at radius 2 is 2.04 bits per heavy atom. The number of para-hydroxylation sites is 1. The molecule has 1 unspecified atom stereocenters. The Hall–Kier alpha value is -2.31. The summed E-state index contributed by atoms with van der Waals surface area (Å²) in [4.78, 5) is 29.1.